The molecule has 4 rings (SSSR count). The normalized spacial score (nSPS) is 20.1. The number of ether oxygens (including phenoxy) is 1. The Hall–Kier alpha value is -2.91. The van der Waals surface area contributed by atoms with Gasteiger partial charge in [0.2, 0.25) is 9.84 Å². The summed E-state index contributed by atoms with van der Waals surface area (Å²) in [5, 5.41) is 2.41. The third-order valence-electron chi connectivity index (χ3n) is 8.93. The molecule has 0 saturated carbocycles. The Morgan fingerprint density at radius 1 is 0.729 bits per heavy atom. The zero-order valence-electron chi connectivity index (χ0n) is 29.0. The summed E-state index contributed by atoms with van der Waals surface area (Å²) < 4.78 is 100. The monoisotopic (exact) mass is 695 g/mol. The number of hydrogen-bond acceptors (Lipinski definition) is 9. The molecule has 0 atom stereocenters. The highest BCUT2D eigenvalue weighted by atomic mass is 32.2. The number of esters is 1. The van der Waals surface area contributed by atoms with Gasteiger partial charge in [-0.25, -0.2) is 8.42 Å². The van der Waals surface area contributed by atoms with Crippen molar-refractivity contribution in [2.24, 2.45) is 0 Å². The molecule has 2 aromatic carbocycles. The third-order valence-corrected chi connectivity index (χ3v) is 10.6. The molecule has 1 amide bonds. The summed E-state index contributed by atoms with van der Waals surface area (Å²) in [5.74, 6) is -1.57. The fraction of sp³-hybridized carbons (Fsp3) is 0.562. The topological polar surface area (TPSA) is 126 Å². The summed E-state index contributed by atoms with van der Waals surface area (Å²) in [6.45, 7) is 18.4. The van der Waals surface area contributed by atoms with Crippen molar-refractivity contribution in [3.8, 4) is 0 Å². The van der Waals surface area contributed by atoms with Gasteiger partial charge in [-0.2, -0.15) is 13.2 Å². The first kappa shape index (κ1) is 37.9. The maximum absolute atomic E-state index is 14.2. The number of nitrogens with one attached hydrogen (secondary N) is 1. The fourth-order valence-electron chi connectivity index (χ4n) is 4.85. The summed E-state index contributed by atoms with van der Waals surface area (Å²) in [5.41, 5.74) is -5.80. The van der Waals surface area contributed by atoms with Crippen molar-refractivity contribution >= 4 is 46.9 Å². The lowest BCUT2D eigenvalue weighted by Crippen LogP contribution is -2.41. The molecular formula is C32H42B2F3NO9S. The Kier molecular flexibility index (Phi) is 9.59. The molecule has 10 nitrogen and oxygen atoms in total. The molecule has 0 bridgehead atoms. The molecule has 2 fully saturated rings. The molecule has 0 radical (unpaired) electrons. The number of rotatable bonds is 7. The van der Waals surface area contributed by atoms with Crippen molar-refractivity contribution in [3.05, 3.63) is 47.5 Å². The molecule has 48 heavy (non-hydrogen) atoms. The number of amides is 1. The predicted molar refractivity (Wildman–Crippen MR) is 173 cm³/mol. The van der Waals surface area contributed by atoms with Gasteiger partial charge in [0.15, 0.2) is 0 Å². The molecule has 2 aromatic rings. The van der Waals surface area contributed by atoms with Gasteiger partial charge >= 0.3 is 26.4 Å². The third kappa shape index (κ3) is 7.77. The van der Waals surface area contributed by atoms with E-state index in [0.717, 1.165) is 18.2 Å². The lowest BCUT2D eigenvalue weighted by atomic mass is 9.78. The van der Waals surface area contributed by atoms with E-state index >= 15 is 0 Å². The van der Waals surface area contributed by atoms with Crippen molar-refractivity contribution in [1.82, 2.24) is 5.32 Å². The van der Waals surface area contributed by atoms with E-state index < -0.39 is 92.0 Å². The minimum absolute atomic E-state index is 0.121. The summed E-state index contributed by atoms with van der Waals surface area (Å²) in [4.78, 5) is 24.4. The van der Waals surface area contributed by atoms with Crippen molar-refractivity contribution in [2.75, 3.05) is 6.54 Å². The van der Waals surface area contributed by atoms with Crippen LogP contribution in [-0.4, -0.2) is 69.1 Å². The Morgan fingerprint density at radius 2 is 1.15 bits per heavy atom. The van der Waals surface area contributed by atoms with Gasteiger partial charge in [-0.1, -0.05) is 6.07 Å². The average Bonchev–Trinajstić information content (AvgIpc) is 3.29. The van der Waals surface area contributed by atoms with Crippen LogP contribution < -0.4 is 16.2 Å². The number of hydrogen-bond donors (Lipinski definition) is 1. The number of benzene rings is 2. The molecule has 262 valence electrons. The number of sulfone groups is 1. The van der Waals surface area contributed by atoms with Crippen LogP contribution in [0.2, 0.25) is 0 Å². The molecular weight excluding hydrogens is 653 g/mol. The maximum Gasteiger partial charge on any atom is 0.494 e. The van der Waals surface area contributed by atoms with E-state index in [4.69, 9.17) is 23.4 Å². The minimum Gasteiger partial charge on any atom is -0.459 e. The second kappa shape index (κ2) is 12.1. The molecule has 0 unspecified atom stereocenters. The van der Waals surface area contributed by atoms with Gasteiger partial charge < -0.3 is 28.7 Å². The van der Waals surface area contributed by atoms with Crippen LogP contribution in [0.3, 0.4) is 0 Å². The molecule has 2 heterocycles. The van der Waals surface area contributed by atoms with Gasteiger partial charge in [0.1, 0.15) is 12.1 Å². The molecule has 2 aliphatic rings. The van der Waals surface area contributed by atoms with Crippen LogP contribution in [0.4, 0.5) is 13.2 Å². The highest BCUT2D eigenvalue weighted by molar-refractivity contribution is 7.91. The lowest BCUT2D eigenvalue weighted by Gasteiger charge is -2.32. The zero-order chi connectivity index (χ0) is 36.5. The van der Waals surface area contributed by atoms with E-state index in [0.29, 0.717) is 6.07 Å². The van der Waals surface area contributed by atoms with Gasteiger partial charge in [-0.3, -0.25) is 9.59 Å². The first-order valence-corrected chi connectivity index (χ1v) is 16.9. The smallest absolute Gasteiger partial charge is 0.459 e. The van der Waals surface area contributed by atoms with E-state index in [1.807, 2.05) is 0 Å². The van der Waals surface area contributed by atoms with E-state index in [1.165, 1.54) is 12.1 Å². The molecule has 2 saturated heterocycles. The standard InChI is InChI=1S/C32H42B2F3NO9S/c1-27(2,3)43-25(39)18-38-26(40)19-12-21(33-44-28(4,5)29(6,7)45-33)16-23(13-19)48(41,42)24-15-20(32(35,36)37)14-22(17-24)34-46-30(8,9)31(10,11)47-34/h12-17H,18H2,1-11H3,(H,38,40). The van der Waals surface area contributed by atoms with Crippen LogP contribution in [-0.2, 0) is 44.2 Å². The van der Waals surface area contributed by atoms with E-state index in [-0.39, 0.29) is 16.5 Å². The molecule has 0 aromatic heterocycles. The molecule has 0 spiro atoms. The Bertz CT molecular complexity index is 1690. The van der Waals surface area contributed by atoms with Crippen molar-refractivity contribution < 1.29 is 54.5 Å². The van der Waals surface area contributed by atoms with Crippen LogP contribution in [0.5, 0.6) is 0 Å². The molecule has 2 aliphatic heterocycles. The second-order valence-corrected chi connectivity index (χ2v) is 17.0. The van der Waals surface area contributed by atoms with Gasteiger partial charge in [0.25, 0.3) is 5.91 Å². The average molecular weight is 695 g/mol. The van der Waals surface area contributed by atoms with E-state index in [2.05, 4.69) is 5.32 Å². The molecule has 0 aliphatic carbocycles. The molecule has 1 N–H and O–H groups in total. The Morgan fingerprint density at radius 3 is 1.56 bits per heavy atom. The zero-order valence-corrected chi connectivity index (χ0v) is 29.9. The minimum atomic E-state index is -4.92. The van der Waals surface area contributed by atoms with Crippen LogP contribution in [0.1, 0.15) is 92.1 Å². The summed E-state index contributed by atoms with van der Waals surface area (Å²) >= 11 is 0. The highest BCUT2D eigenvalue weighted by Crippen LogP contribution is 2.39. The predicted octanol–water partition coefficient (Wildman–Crippen LogP) is 4.21. The van der Waals surface area contributed by atoms with Crippen molar-refractivity contribution in [1.29, 1.82) is 0 Å². The first-order chi connectivity index (χ1) is 21.5. The SMILES string of the molecule is CC(C)(C)OC(=O)CNC(=O)c1cc(B2OC(C)(C)C(C)(C)O2)cc(S(=O)(=O)c2cc(B3OC(C)(C)C(C)(C)O3)cc(C(F)(F)F)c2)c1. The second-order valence-electron chi connectivity index (χ2n) is 15.0. The van der Waals surface area contributed by atoms with Crippen LogP contribution in [0.15, 0.2) is 46.2 Å². The Balaban J connectivity index is 1.83. The van der Waals surface area contributed by atoms with Gasteiger partial charge in [0, 0.05) is 5.56 Å². The lowest BCUT2D eigenvalue weighted by molar-refractivity contribution is -0.153. The number of alkyl halides is 3. The number of carbonyl (C=O) groups is 2. The summed E-state index contributed by atoms with van der Waals surface area (Å²) in [6.07, 6.45) is -4.92. The fourth-order valence-corrected chi connectivity index (χ4v) is 6.27. The first-order valence-electron chi connectivity index (χ1n) is 15.4. The number of halogens is 3. The van der Waals surface area contributed by atoms with Crippen molar-refractivity contribution in [2.45, 2.75) is 120 Å². The van der Waals surface area contributed by atoms with Gasteiger partial charge in [-0.05, 0) is 117 Å². The van der Waals surface area contributed by atoms with Crippen molar-refractivity contribution in [3.63, 3.8) is 0 Å². The highest BCUT2D eigenvalue weighted by Gasteiger charge is 2.53. The van der Waals surface area contributed by atoms with E-state index in [1.54, 1.807) is 76.2 Å². The van der Waals surface area contributed by atoms with E-state index in [9.17, 15) is 31.2 Å². The van der Waals surface area contributed by atoms with Crippen LogP contribution in [0, 0.1) is 0 Å². The Labute approximate surface area is 280 Å². The van der Waals surface area contributed by atoms with Gasteiger partial charge in [-0.15, -0.1) is 0 Å². The maximum atomic E-state index is 14.2. The quantitative estimate of drug-likeness (QED) is 0.335. The van der Waals surface area contributed by atoms with Crippen LogP contribution >= 0.6 is 0 Å². The number of carbonyl (C=O) groups excluding carboxylic acids is 2. The summed E-state index contributed by atoms with van der Waals surface area (Å²) in [6, 6.07) is 5.93. The largest absolute Gasteiger partial charge is 0.494 e. The molecule has 16 heteroatoms. The van der Waals surface area contributed by atoms with Crippen LogP contribution in [0.25, 0.3) is 0 Å². The summed E-state index contributed by atoms with van der Waals surface area (Å²) in [7, 11) is -7.18. The van der Waals surface area contributed by atoms with Gasteiger partial charge in [0.05, 0.1) is 37.8 Å².